The standard InChI is InChI=1S/C13H26N2S/c1-12(2,10-14)8-6-7-9-15-11-13(3,4)16-5/h15H,6-9,11H2,1-5H3. The number of thioether (sulfide) groups is 1. The normalized spacial score (nSPS) is 12.5. The molecule has 1 N–H and O–H groups in total. The molecule has 16 heavy (non-hydrogen) atoms. The summed E-state index contributed by atoms with van der Waals surface area (Å²) in [7, 11) is 0. The topological polar surface area (TPSA) is 35.8 Å². The van der Waals surface area contributed by atoms with Crippen molar-refractivity contribution >= 4 is 11.8 Å². The van der Waals surface area contributed by atoms with Gasteiger partial charge in [0.2, 0.25) is 0 Å². The van der Waals surface area contributed by atoms with E-state index in [9.17, 15) is 0 Å². The number of nitrogens with zero attached hydrogens (tertiary/aromatic N) is 1. The summed E-state index contributed by atoms with van der Waals surface area (Å²) in [6, 6.07) is 2.34. The molecule has 0 atom stereocenters. The van der Waals surface area contributed by atoms with Gasteiger partial charge in [0, 0.05) is 11.3 Å². The van der Waals surface area contributed by atoms with Gasteiger partial charge in [0.15, 0.2) is 0 Å². The van der Waals surface area contributed by atoms with Crippen LogP contribution in [0, 0.1) is 16.7 Å². The second kappa shape index (κ2) is 7.19. The van der Waals surface area contributed by atoms with Crippen LogP contribution < -0.4 is 5.32 Å². The fraction of sp³-hybridized carbons (Fsp3) is 0.923. The summed E-state index contributed by atoms with van der Waals surface area (Å²) in [6.45, 7) is 10.6. The Morgan fingerprint density at radius 1 is 1.19 bits per heavy atom. The first-order chi connectivity index (χ1) is 7.33. The van der Waals surface area contributed by atoms with Gasteiger partial charge in [0.1, 0.15) is 0 Å². The average molecular weight is 242 g/mol. The van der Waals surface area contributed by atoms with Crippen LogP contribution in [0.4, 0.5) is 0 Å². The summed E-state index contributed by atoms with van der Waals surface area (Å²) < 4.78 is 0.325. The van der Waals surface area contributed by atoms with Crippen molar-refractivity contribution in [2.45, 2.75) is 51.7 Å². The van der Waals surface area contributed by atoms with Gasteiger partial charge in [-0.05, 0) is 53.3 Å². The van der Waals surface area contributed by atoms with E-state index in [-0.39, 0.29) is 5.41 Å². The fourth-order valence-corrected chi connectivity index (χ4v) is 1.58. The molecule has 2 nitrogen and oxygen atoms in total. The van der Waals surface area contributed by atoms with Crippen LogP contribution >= 0.6 is 11.8 Å². The molecular weight excluding hydrogens is 216 g/mol. The number of nitriles is 1. The lowest BCUT2D eigenvalue weighted by Gasteiger charge is -2.22. The largest absolute Gasteiger partial charge is 0.315 e. The molecule has 0 radical (unpaired) electrons. The van der Waals surface area contributed by atoms with Crippen molar-refractivity contribution in [1.29, 1.82) is 5.26 Å². The molecule has 0 aliphatic heterocycles. The highest BCUT2D eigenvalue weighted by Crippen LogP contribution is 2.22. The third kappa shape index (κ3) is 8.01. The van der Waals surface area contributed by atoms with E-state index < -0.39 is 0 Å². The molecule has 0 fully saturated rings. The van der Waals surface area contributed by atoms with E-state index in [1.54, 1.807) is 0 Å². The molecule has 94 valence electrons. The molecule has 0 unspecified atom stereocenters. The highest BCUT2D eigenvalue weighted by Gasteiger charge is 2.16. The van der Waals surface area contributed by atoms with Crippen molar-refractivity contribution < 1.29 is 0 Å². The van der Waals surface area contributed by atoms with Gasteiger partial charge in [0.05, 0.1) is 11.5 Å². The Labute approximate surface area is 105 Å². The zero-order valence-electron chi connectivity index (χ0n) is 11.4. The maximum absolute atomic E-state index is 8.87. The molecule has 0 heterocycles. The Morgan fingerprint density at radius 3 is 2.31 bits per heavy atom. The average Bonchev–Trinajstić information content (AvgIpc) is 2.23. The van der Waals surface area contributed by atoms with Gasteiger partial charge in [-0.3, -0.25) is 0 Å². The van der Waals surface area contributed by atoms with Crippen LogP contribution in [-0.4, -0.2) is 24.1 Å². The van der Waals surface area contributed by atoms with Gasteiger partial charge < -0.3 is 5.32 Å². The molecule has 0 aromatic carbocycles. The number of rotatable bonds is 8. The molecule has 0 aliphatic rings. The summed E-state index contributed by atoms with van der Waals surface area (Å²) in [4.78, 5) is 0. The molecule has 0 saturated heterocycles. The summed E-state index contributed by atoms with van der Waals surface area (Å²) in [5.74, 6) is 0. The van der Waals surface area contributed by atoms with Crippen LogP contribution in [0.1, 0.15) is 47.0 Å². The van der Waals surface area contributed by atoms with Crippen LogP contribution in [0.2, 0.25) is 0 Å². The maximum Gasteiger partial charge on any atom is 0.0683 e. The summed E-state index contributed by atoms with van der Waals surface area (Å²) in [5.41, 5.74) is -0.154. The van der Waals surface area contributed by atoms with Gasteiger partial charge in [-0.25, -0.2) is 0 Å². The Morgan fingerprint density at radius 2 is 1.81 bits per heavy atom. The van der Waals surface area contributed by atoms with Crippen molar-refractivity contribution in [3.8, 4) is 6.07 Å². The number of hydrogen-bond acceptors (Lipinski definition) is 3. The molecule has 3 heteroatoms. The van der Waals surface area contributed by atoms with E-state index in [0.717, 1.165) is 32.4 Å². The lowest BCUT2D eigenvalue weighted by Crippen LogP contribution is -2.32. The Kier molecular flexibility index (Phi) is 7.10. The Hall–Kier alpha value is -0.200. The molecule has 0 saturated carbocycles. The van der Waals surface area contributed by atoms with E-state index in [2.05, 4.69) is 31.5 Å². The summed E-state index contributed by atoms with van der Waals surface area (Å²) in [5, 5.41) is 12.3. The second-order valence-electron chi connectivity index (χ2n) is 5.59. The summed E-state index contributed by atoms with van der Waals surface area (Å²) >= 11 is 1.89. The first-order valence-corrected chi connectivity index (χ1v) is 7.22. The zero-order chi connectivity index (χ0) is 12.7. The van der Waals surface area contributed by atoms with Crippen molar-refractivity contribution in [3.63, 3.8) is 0 Å². The molecule has 0 rings (SSSR count). The molecule has 0 aliphatic carbocycles. The molecular formula is C13H26N2S. The van der Waals surface area contributed by atoms with E-state index in [1.807, 2.05) is 25.6 Å². The summed E-state index contributed by atoms with van der Waals surface area (Å²) in [6.07, 6.45) is 5.44. The Balaban J connectivity index is 3.46. The molecule has 0 amide bonds. The minimum atomic E-state index is -0.154. The lowest BCUT2D eigenvalue weighted by atomic mass is 9.89. The van der Waals surface area contributed by atoms with E-state index in [0.29, 0.717) is 4.75 Å². The van der Waals surface area contributed by atoms with Crippen molar-refractivity contribution in [1.82, 2.24) is 5.32 Å². The number of unbranched alkanes of at least 4 members (excludes halogenated alkanes) is 1. The van der Waals surface area contributed by atoms with E-state index in [1.165, 1.54) is 0 Å². The second-order valence-corrected chi connectivity index (χ2v) is 7.11. The van der Waals surface area contributed by atoms with Crippen LogP contribution in [0.25, 0.3) is 0 Å². The first-order valence-electron chi connectivity index (χ1n) is 6.00. The van der Waals surface area contributed by atoms with Crippen LogP contribution in [-0.2, 0) is 0 Å². The molecule has 0 bridgehead atoms. The van der Waals surface area contributed by atoms with Crippen molar-refractivity contribution in [2.24, 2.45) is 5.41 Å². The van der Waals surface area contributed by atoms with E-state index in [4.69, 9.17) is 5.26 Å². The van der Waals surface area contributed by atoms with Gasteiger partial charge in [-0.1, -0.05) is 6.42 Å². The van der Waals surface area contributed by atoms with Gasteiger partial charge in [0.25, 0.3) is 0 Å². The smallest absolute Gasteiger partial charge is 0.0683 e. The minimum Gasteiger partial charge on any atom is -0.315 e. The predicted octanol–water partition coefficient (Wildman–Crippen LogP) is 3.44. The monoisotopic (exact) mass is 242 g/mol. The van der Waals surface area contributed by atoms with Crippen molar-refractivity contribution in [2.75, 3.05) is 19.3 Å². The molecule has 0 aromatic rings. The first kappa shape index (κ1) is 15.8. The quantitative estimate of drug-likeness (QED) is 0.662. The number of nitrogens with one attached hydrogen (secondary N) is 1. The zero-order valence-corrected chi connectivity index (χ0v) is 12.2. The molecule has 0 spiro atoms. The van der Waals surface area contributed by atoms with Crippen LogP contribution in [0.5, 0.6) is 0 Å². The fourth-order valence-electron chi connectivity index (χ4n) is 1.33. The Bertz CT molecular complexity index is 229. The lowest BCUT2D eigenvalue weighted by molar-refractivity contribution is 0.421. The highest BCUT2D eigenvalue weighted by atomic mass is 32.2. The van der Waals surface area contributed by atoms with Crippen LogP contribution in [0.3, 0.4) is 0 Å². The third-order valence-corrected chi connectivity index (χ3v) is 4.06. The van der Waals surface area contributed by atoms with Crippen LogP contribution in [0.15, 0.2) is 0 Å². The third-order valence-electron chi connectivity index (χ3n) is 2.81. The van der Waals surface area contributed by atoms with E-state index >= 15 is 0 Å². The maximum atomic E-state index is 8.87. The minimum absolute atomic E-state index is 0.154. The molecule has 0 aromatic heterocycles. The SMILES string of the molecule is CSC(C)(C)CNCCCCC(C)(C)C#N. The van der Waals surface area contributed by atoms with Gasteiger partial charge in [-0.2, -0.15) is 17.0 Å². The predicted molar refractivity (Wildman–Crippen MR) is 73.7 cm³/mol. The number of hydrogen-bond donors (Lipinski definition) is 1. The van der Waals surface area contributed by atoms with Gasteiger partial charge >= 0.3 is 0 Å². The van der Waals surface area contributed by atoms with Crippen molar-refractivity contribution in [3.05, 3.63) is 0 Å². The van der Waals surface area contributed by atoms with Gasteiger partial charge in [-0.15, -0.1) is 0 Å². The highest BCUT2D eigenvalue weighted by molar-refractivity contribution is 7.99.